The number of nitrogens with one attached hydrogen (secondary N) is 1. The number of cyclic esters (lactones) is 1. The van der Waals surface area contributed by atoms with Gasteiger partial charge in [0.25, 0.3) is 0 Å². The molecule has 0 radical (unpaired) electrons. The molecule has 0 aromatic rings. The zero-order chi connectivity index (χ0) is 6.48. The van der Waals surface area contributed by atoms with Crippen molar-refractivity contribution in [2.24, 2.45) is 5.92 Å². The largest absolute Gasteiger partial charge is 0.447 e. The average molecular weight is 127 g/mol. The lowest BCUT2D eigenvalue weighted by molar-refractivity contribution is 0.176. The van der Waals surface area contributed by atoms with Gasteiger partial charge in [-0.25, -0.2) is 4.79 Å². The summed E-state index contributed by atoms with van der Waals surface area (Å²) < 4.78 is 4.75. The topological polar surface area (TPSA) is 38.3 Å². The first kappa shape index (κ1) is 5.09. The molecule has 1 spiro atoms. The molecule has 2 aliphatic rings. The number of hydrogen-bond donors (Lipinski definition) is 1. The highest BCUT2D eigenvalue weighted by Crippen LogP contribution is 2.45. The third-order valence-corrected chi connectivity index (χ3v) is 2.27. The maximum absolute atomic E-state index is 10.5. The minimum Gasteiger partial charge on any atom is -0.447 e. The molecule has 0 bridgehead atoms. The Hall–Kier alpha value is -0.730. The van der Waals surface area contributed by atoms with Gasteiger partial charge in [0.1, 0.15) is 6.61 Å². The molecule has 1 saturated heterocycles. The normalized spacial score (nSPS) is 46.8. The lowest BCUT2D eigenvalue weighted by atomic mass is 10.2. The monoisotopic (exact) mass is 127 g/mol. The van der Waals surface area contributed by atoms with Crippen molar-refractivity contribution in [1.82, 2.24) is 5.32 Å². The third-order valence-electron chi connectivity index (χ3n) is 2.27. The van der Waals surface area contributed by atoms with E-state index in [4.69, 9.17) is 4.74 Å². The van der Waals surface area contributed by atoms with Crippen molar-refractivity contribution in [3.05, 3.63) is 0 Å². The number of carbonyl (C=O) groups excluding carboxylic acids is 1. The fourth-order valence-electron chi connectivity index (χ4n) is 1.33. The molecule has 3 heteroatoms. The summed E-state index contributed by atoms with van der Waals surface area (Å²) in [5.74, 6) is 0.615. The molecule has 0 aromatic heterocycles. The summed E-state index contributed by atoms with van der Waals surface area (Å²) >= 11 is 0. The van der Waals surface area contributed by atoms with Gasteiger partial charge in [0.15, 0.2) is 0 Å². The first-order valence-electron chi connectivity index (χ1n) is 3.18. The fourth-order valence-corrected chi connectivity index (χ4v) is 1.33. The van der Waals surface area contributed by atoms with Crippen LogP contribution in [0.2, 0.25) is 0 Å². The molecule has 1 aliphatic carbocycles. The Morgan fingerprint density at radius 1 is 1.89 bits per heavy atom. The van der Waals surface area contributed by atoms with Crippen LogP contribution in [0.15, 0.2) is 0 Å². The second-order valence-corrected chi connectivity index (χ2v) is 2.96. The van der Waals surface area contributed by atoms with E-state index in [1.54, 1.807) is 0 Å². The summed E-state index contributed by atoms with van der Waals surface area (Å²) in [6.07, 6.45) is 0.831. The minimum atomic E-state index is -0.251. The summed E-state index contributed by atoms with van der Waals surface area (Å²) in [5.41, 5.74) is 0.0527. The maximum atomic E-state index is 10.5. The molecule has 1 amide bonds. The molecule has 3 nitrogen and oxygen atoms in total. The van der Waals surface area contributed by atoms with Crippen molar-refractivity contribution in [3.63, 3.8) is 0 Å². The molecule has 0 aromatic carbocycles. The second-order valence-electron chi connectivity index (χ2n) is 2.96. The van der Waals surface area contributed by atoms with E-state index >= 15 is 0 Å². The maximum Gasteiger partial charge on any atom is 0.407 e. The number of ether oxygens (including phenoxy) is 1. The molecule has 9 heavy (non-hydrogen) atoms. The zero-order valence-corrected chi connectivity index (χ0v) is 5.31. The van der Waals surface area contributed by atoms with Crippen LogP contribution in [0.5, 0.6) is 0 Å². The van der Waals surface area contributed by atoms with Crippen LogP contribution < -0.4 is 5.32 Å². The Kier molecular flexibility index (Phi) is 0.693. The highest BCUT2D eigenvalue weighted by atomic mass is 16.6. The predicted octanol–water partition coefficient (Wildman–Crippen LogP) is 0.505. The number of carbonyl (C=O) groups is 1. The standard InChI is InChI=1S/C6H9NO2/c1-4-2-6(4)3-9-5(8)7-6/h4H,2-3H2,1H3,(H,7,8). The van der Waals surface area contributed by atoms with Gasteiger partial charge in [0, 0.05) is 0 Å². The van der Waals surface area contributed by atoms with Crippen LogP contribution in [0.3, 0.4) is 0 Å². The van der Waals surface area contributed by atoms with Crippen LogP contribution in [0.25, 0.3) is 0 Å². The van der Waals surface area contributed by atoms with Crippen LogP contribution in [-0.4, -0.2) is 18.2 Å². The van der Waals surface area contributed by atoms with Gasteiger partial charge in [-0.05, 0) is 12.3 Å². The van der Waals surface area contributed by atoms with Crippen LogP contribution >= 0.6 is 0 Å². The SMILES string of the molecule is CC1CC12COC(=O)N2. The minimum absolute atomic E-state index is 0.0527. The van der Waals surface area contributed by atoms with E-state index in [9.17, 15) is 4.79 Å². The molecule has 2 unspecified atom stereocenters. The lowest BCUT2D eigenvalue weighted by Gasteiger charge is -1.99. The average Bonchev–Trinajstić information content (AvgIpc) is 2.17. The molecule has 2 atom stereocenters. The fraction of sp³-hybridized carbons (Fsp3) is 0.833. The van der Waals surface area contributed by atoms with Gasteiger partial charge in [-0.2, -0.15) is 0 Å². The summed E-state index contributed by atoms with van der Waals surface area (Å²) in [6.45, 7) is 2.70. The molecule has 1 aliphatic heterocycles. The Labute approximate surface area is 53.4 Å². The first-order valence-corrected chi connectivity index (χ1v) is 3.18. The van der Waals surface area contributed by atoms with Crippen molar-refractivity contribution in [3.8, 4) is 0 Å². The van der Waals surface area contributed by atoms with Gasteiger partial charge in [-0.15, -0.1) is 0 Å². The van der Waals surface area contributed by atoms with E-state index in [0.29, 0.717) is 12.5 Å². The van der Waals surface area contributed by atoms with E-state index in [2.05, 4.69) is 12.2 Å². The molecule has 50 valence electrons. The van der Waals surface area contributed by atoms with Gasteiger partial charge >= 0.3 is 6.09 Å². The molecule has 1 saturated carbocycles. The molecule has 1 heterocycles. The van der Waals surface area contributed by atoms with E-state index in [-0.39, 0.29) is 11.6 Å². The Morgan fingerprint density at radius 3 is 2.78 bits per heavy atom. The lowest BCUT2D eigenvalue weighted by Crippen LogP contribution is -2.29. The van der Waals surface area contributed by atoms with Gasteiger partial charge < -0.3 is 10.1 Å². The first-order chi connectivity index (χ1) is 4.23. The van der Waals surface area contributed by atoms with Crippen molar-refractivity contribution < 1.29 is 9.53 Å². The second kappa shape index (κ2) is 1.23. The Morgan fingerprint density at radius 2 is 2.56 bits per heavy atom. The van der Waals surface area contributed by atoms with Gasteiger partial charge in [-0.3, -0.25) is 0 Å². The molecular formula is C6H9NO2. The highest BCUT2D eigenvalue weighted by molar-refractivity contribution is 5.71. The van der Waals surface area contributed by atoms with Gasteiger partial charge in [0.05, 0.1) is 5.54 Å². The van der Waals surface area contributed by atoms with Crippen molar-refractivity contribution in [1.29, 1.82) is 0 Å². The molecular weight excluding hydrogens is 118 g/mol. The van der Waals surface area contributed by atoms with Crippen LogP contribution in [0.4, 0.5) is 4.79 Å². The third kappa shape index (κ3) is 0.544. The summed E-state index contributed by atoms with van der Waals surface area (Å²) in [5, 5.41) is 2.79. The summed E-state index contributed by atoms with van der Waals surface area (Å²) in [6, 6.07) is 0. The quantitative estimate of drug-likeness (QED) is 0.514. The van der Waals surface area contributed by atoms with Crippen molar-refractivity contribution >= 4 is 6.09 Å². The Bertz CT molecular complexity index is 168. The van der Waals surface area contributed by atoms with E-state index in [0.717, 1.165) is 6.42 Å². The highest BCUT2D eigenvalue weighted by Gasteiger charge is 2.56. The predicted molar refractivity (Wildman–Crippen MR) is 31.0 cm³/mol. The summed E-state index contributed by atoms with van der Waals surface area (Å²) in [4.78, 5) is 10.5. The number of hydrogen-bond acceptors (Lipinski definition) is 2. The van der Waals surface area contributed by atoms with Crippen LogP contribution in [-0.2, 0) is 4.74 Å². The van der Waals surface area contributed by atoms with Crippen LogP contribution in [0.1, 0.15) is 13.3 Å². The van der Waals surface area contributed by atoms with E-state index < -0.39 is 0 Å². The molecule has 1 N–H and O–H groups in total. The number of amides is 1. The number of alkyl carbamates (subject to hydrolysis) is 1. The van der Waals surface area contributed by atoms with E-state index in [1.165, 1.54) is 0 Å². The Balaban J connectivity index is 2.11. The zero-order valence-electron chi connectivity index (χ0n) is 5.31. The smallest absolute Gasteiger partial charge is 0.407 e. The van der Waals surface area contributed by atoms with Gasteiger partial charge in [0.2, 0.25) is 0 Å². The van der Waals surface area contributed by atoms with Crippen molar-refractivity contribution in [2.45, 2.75) is 18.9 Å². The van der Waals surface area contributed by atoms with Crippen molar-refractivity contribution in [2.75, 3.05) is 6.61 Å². The summed E-state index contributed by atoms with van der Waals surface area (Å²) in [7, 11) is 0. The van der Waals surface area contributed by atoms with Crippen LogP contribution in [0, 0.1) is 5.92 Å². The molecule has 2 rings (SSSR count). The molecule has 2 fully saturated rings. The van der Waals surface area contributed by atoms with E-state index in [1.807, 2.05) is 0 Å². The van der Waals surface area contributed by atoms with Gasteiger partial charge in [-0.1, -0.05) is 6.92 Å². The number of rotatable bonds is 0.